The molecule has 1 aromatic rings. The number of hydrogen-bond donors (Lipinski definition) is 3. The van der Waals surface area contributed by atoms with Gasteiger partial charge in [0.1, 0.15) is 5.82 Å². The maximum absolute atomic E-state index is 10.8. The van der Waals surface area contributed by atoms with Crippen molar-refractivity contribution in [2.75, 3.05) is 25.6 Å². The van der Waals surface area contributed by atoms with Crippen LogP contribution >= 0.6 is 11.6 Å². The molecule has 0 saturated carbocycles. The van der Waals surface area contributed by atoms with Crippen molar-refractivity contribution < 1.29 is 14.7 Å². The lowest BCUT2D eigenvalue weighted by Crippen LogP contribution is -2.14. The van der Waals surface area contributed by atoms with Gasteiger partial charge >= 0.3 is 0 Å². The number of nitrogens with one attached hydrogen (secondary N) is 2. The van der Waals surface area contributed by atoms with Crippen LogP contribution in [0, 0.1) is 0 Å². The van der Waals surface area contributed by atoms with E-state index in [4.69, 9.17) is 21.5 Å². The molecule has 0 aliphatic rings. The number of carbonyl (C=O) groups excluding carboxylic acids is 1. The summed E-state index contributed by atoms with van der Waals surface area (Å²) < 4.78 is 4.89. The second-order valence-electron chi connectivity index (χ2n) is 3.33. The van der Waals surface area contributed by atoms with Gasteiger partial charge in [0.05, 0.1) is 11.6 Å². The van der Waals surface area contributed by atoms with Crippen molar-refractivity contribution in [1.29, 1.82) is 0 Å². The predicted molar refractivity (Wildman–Crippen MR) is 68.6 cm³/mol. The van der Waals surface area contributed by atoms with Gasteiger partial charge in [0.2, 0.25) is 0 Å². The van der Waals surface area contributed by atoms with Crippen LogP contribution in [-0.4, -0.2) is 36.4 Å². The minimum absolute atomic E-state index is 0.442. The fourth-order valence-corrected chi connectivity index (χ4v) is 1.40. The summed E-state index contributed by atoms with van der Waals surface area (Å²) in [6.45, 7) is 1.15. The Bertz CT molecular complexity index is 438. The van der Waals surface area contributed by atoms with Crippen LogP contribution in [-0.2, 0) is 9.53 Å². The molecule has 1 rings (SSSR count). The predicted octanol–water partition coefficient (Wildman–Crippen LogP) is 1.31. The Morgan fingerprint density at radius 3 is 3.06 bits per heavy atom. The van der Waals surface area contributed by atoms with Gasteiger partial charge < -0.3 is 10.1 Å². The second-order valence-corrected chi connectivity index (χ2v) is 3.74. The standard InChI is InChI=1S/C11H14ClN3O3/c1-18-5-4-13-11-9(12)6-8(7-14-11)2-3-10(16)15-17/h2-3,6-7,17H,4-5H2,1H3,(H,13,14)(H,15,16)/b3-2+. The van der Waals surface area contributed by atoms with E-state index in [1.54, 1.807) is 19.4 Å². The molecule has 0 atom stereocenters. The van der Waals surface area contributed by atoms with E-state index in [1.807, 2.05) is 0 Å². The zero-order chi connectivity index (χ0) is 13.4. The van der Waals surface area contributed by atoms with Gasteiger partial charge in [0.15, 0.2) is 0 Å². The van der Waals surface area contributed by atoms with Gasteiger partial charge in [-0.1, -0.05) is 11.6 Å². The van der Waals surface area contributed by atoms with E-state index in [0.29, 0.717) is 29.6 Å². The number of carbonyl (C=O) groups is 1. The summed E-state index contributed by atoms with van der Waals surface area (Å²) in [5.74, 6) is -0.0640. The summed E-state index contributed by atoms with van der Waals surface area (Å²) in [5, 5.41) is 11.8. The third kappa shape index (κ3) is 4.70. The summed E-state index contributed by atoms with van der Waals surface area (Å²) in [6, 6.07) is 1.66. The summed E-state index contributed by atoms with van der Waals surface area (Å²) in [7, 11) is 1.61. The van der Waals surface area contributed by atoms with Gasteiger partial charge in [-0.15, -0.1) is 0 Å². The lowest BCUT2D eigenvalue weighted by atomic mass is 10.2. The number of hydrogen-bond acceptors (Lipinski definition) is 5. The van der Waals surface area contributed by atoms with Crippen LogP contribution in [0.15, 0.2) is 18.3 Å². The molecule has 18 heavy (non-hydrogen) atoms. The van der Waals surface area contributed by atoms with Crippen LogP contribution in [0.3, 0.4) is 0 Å². The number of ether oxygens (including phenoxy) is 1. The number of pyridine rings is 1. The van der Waals surface area contributed by atoms with E-state index in [9.17, 15) is 4.79 Å². The first-order chi connectivity index (χ1) is 8.67. The highest BCUT2D eigenvalue weighted by molar-refractivity contribution is 6.33. The fraction of sp³-hybridized carbons (Fsp3) is 0.273. The van der Waals surface area contributed by atoms with Crippen LogP contribution in [0.5, 0.6) is 0 Å². The van der Waals surface area contributed by atoms with Gasteiger partial charge in [-0.25, -0.2) is 10.5 Å². The Morgan fingerprint density at radius 2 is 2.44 bits per heavy atom. The number of hydroxylamine groups is 1. The summed E-state index contributed by atoms with van der Waals surface area (Å²) in [4.78, 5) is 14.9. The molecule has 0 unspecified atom stereocenters. The topological polar surface area (TPSA) is 83.5 Å². The van der Waals surface area contributed by atoms with E-state index >= 15 is 0 Å². The van der Waals surface area contributed by atoms with Crippen LogP contribution in [0.2, 0.25) is 5.02 Å². The maximum Gasteiger partial charge on any atom is 0.267 e. The van der Waals surface area contributed by atoms with Crippen LogP contribution in [0.1, 0.15) is 5.56 Å². The van der Waals surface area contributed by atoms with Crippen molar-refractivity contribution in [3.63, 3.8) is 0 Å². The molecule has 98 valence electrons. The van der Waals surface area contributed by atoms with Crippen molar-refractivity contribution in [2.45, 2.75) is 0 Å². The minimum atomic E-state index is -0.617. The van der Waals surface area contributed by atoms with Crippen LogP contribution < -0.4 is 10.8 Å². The number of methoxy groups -OCH3 is 1. The highest BCUT2D eigenvalue weighted by Crippen LogP contribution is 2.20. The molecule has 0 aliphatic carbocycles. The van der Waals surface area contributed by atoms with E-state index in [-0.39, 0.29) is 0 Å². The molecule has 1 heterocycles. The molecule has 0 radical (unpaired) electrons. The van der Waals surface area contributed by atoms with Gasteiger partial charge in [-0.3, -0.25) is 10.0 Å². The normalized spacial score (nSPS) is 10.6. The zero-order valence-corrected chi connectivity index (χ0v) is 10.6. The Balaban J connectivity index is 2.67. The number of anilines is 1. The zero-order valence-electron chi connectivity index (χ0n) is 9.81. The minimum Gasteiger partial charge on any atom is -0.383 e. The first-order valence-electron chi connectivity index (χ1n) is 5.18. The molecule has 1 aromatic heterocycles. The lowest BCUT2D eigenvalue weighted by molar-refractivity contribution is -0.124. The average Bonchev–Trinajstić information content (AvgIpc) is 2.38. The summed E-state index contributed by atoms with van der Waals surface area (Å²) in [6.07, 6.45) is 4.22. The molecule has 0 spiro atoms. The van der Waals surface area contributed by atoms with Crippen molar-refractivity contribution in [3.8, 4) is 0 Å². The Morgan fingerprint density at radius 1 is 1.67 bits per heavy atom. The van der Waals surface area contributed by atoms with Gasteiger partial charge in [-0.2, -0.15) is 0 Å². The molecule has 3 N–H and O–H groups in total. The number of rotatable bonds is 6. The van der Waals surface area contributed by atoms with E-state index in [0.717, 1.165) is 0 Å². The quantitative estimate of drug-likeness (QED) is 0.314. The second kappa shape index (κ2) is 7.65. The average molecular weight is 272 g/mol. The SMILES string of the molecule is COCCNc1ncc(/C=C/C(=O)NO)cc1Cl. The van der Waals surface area contributed by atoms with Gasteiger partial charge in [0, 0.05) is 25.9 Å². The molecule has 0 aliphatic heterocycles. The molecule has 0 aromatic carbocycles. The molecule has 0 saturated heterocycles. The fourth-order valence-electron chi connectivity index (χ4n) is 1.15. The largest absolute Gasteiger partial charge is 0.383 e. The maximum atomic E-state index is 10.8. The van der Waals surface area contributed by atoms with Crippen molar-refractivity contribution >= 4 is 29.4 Å². The third-order valence-corrected chi connectivity index (χ3v) is 2.29. The first kappa shape index (κ1) is 14.4. The molecule has 0 fully saturated rings. The van der Waals surface area contributed by atoms with E-state index in [2.05, 4.69) is 10.3 Å². The number of amides is 1. The highest BCUT2D eigenvalue weighted by Gasteiger charge is 2.02. The first-order valence-corrected chi connectivity index (χ1v) is 5.55. The summed E-state index contributed by atoms with van der Waals surface area (Å²) >= 11 is 6.01. The monoisotopic (exact) mass is 271 g/mol. The molecule has 6 nitrogen and oxygen atoms in total. The van der Waals surface area contributed by atoms with Crippen LogP contribution in [0.4, 0.5) is 5.82 Å². The van der Waals surface area contributed by atoms with Crippen molar-refractivity contribution in [2.24, 2.45) is 0 Å². The van der Waals surface area contributed by atoms with Crippen molar-refractivity contribution in [1.82, 2.24) is 10.5 Å². The van der Waals surface area contributed by atoms with Crippen molar-refractivity contribution in [3.05, 3.63) is 28.9 Å². The van der Waals surface area contributed by atoms with E-state index < -0.39 is 5.91 Å². The third-order valence-electron chi connectivity index (χ3n) is 2.00. The Hall–Kier alpha value is -1.63. The highest BCUT2D eigenvalue weighted by atomic mass is 35.5. The van der Waals surface area contributed by atoms with E-state index in [1.165, 1.54) is 17.6 Å². The lowest BCUT2D eigenvalue weighted by Gasteiger charge is -2.07. The molecular weight excluding hydrogens is 258 g/mol. The molecular formula is C11H14ClN3O3. The smallest absolute Gasteiger partial charge is 0.267 e. The molecule has 7 heteroatoms. The van der Waals surface area contributed by atoms with Gasteiger partial charge in [-0.05, 0) is 17.7 Å². The molecule has 0 bridgehead atoms. The Kier molecular flexibility index (Phi) is 6.13. The number of aromatic nitrogens is 1. The van der Waals surface area contributed by atoms with Gasteiger partial charge in [0.25, 0.3) is 5.91 Å². The summed E-state index contributed by atoms with van der Waals surface area (Å²) in [5.41, 5.74) is 2.14. The Labute approximate surface area is 110 Å². The molecule has 1 amide bonds. The van der Waals surface area contributed by atoms with Crippen LogP contribution in [0.25, 0.3) is 6.08 Å². The number of halogens is 1. The number of nitrogens with zero attached hydrogens (tertiary/aromatic N) is 1.